The van der Waals surface area contributed by atoms with Gasteiger partial charge in [0.2, 0.25) is 0 Å². The Kier molecular flexibility index (Phi) is 3.01. The van der Waals surface area contributed by atoms with E-state index in [1.807, 2.05) is 11.0 Å². The van der Waals surface area contributed by atoms with Crippen LogP contribution in [0.1, 0.15) is 10.5 Å². The van der Waals surface area contributed by atoms with Crippen LogP contribution in [0.3, 0.4) is 0 Å². The lowest BCUT2D eigenvalue weighted by atomic mass is 10.1. The van der Waals surface area contributed by atoms with Gasteiger partial charge in [-0.1, -0.05) is 0 Å². The standard InChI is InChI=1S/C14H16N4O3/c19-14(18-3-5-21-13-8-15-7-11(13)18)10-6-9(16-17-10)12-2-1-4-20-12/h1-2,4,6,11,13,15H,3,5,7-8H2,(H,16,17)/t11-,13+/m0/s1. The largest absolute Gasteiger partial charge is 0.463 e. The fraction of sp³-hybridized carbons (Fsp3) is 0.429. The van der Waals surface area contributed by atoms with E-state index >= 15 is 0 Å². The Morgan fingerprint density at radius 2 is 2.38 bits per heavy atom. The van der Waals surface area contributed by atoms with Crippen molar-refractivity contribution >= 4 is 5.91 Å². The van der Waals surface area contributed by atoms with Gasteiger partial charge in [0.1, 0.15) is 5.69 Å². The van der Waals surface area contributed by atoms with Crippen molar-refractivity contribution in [2.24, 2.45) is 0 Å². The quantitative estimate of drug-likeness (QED) is 0.840. The molecule has 1 amide bonds. The summed E-state index contributed by atoms with van der Waals surface area (Å²) in [6, 6.07) is 5.45. The number of aromatic nitrogens is 2. The zero-order chi connectivity index (χ0) is 14.2. The minimum absolute atomic E-state index is 0.0638. The maximum Gasteiger partial charge on any atom is 0.274 e. The minimum Gasteiger partial charge on any atom is -0.463 e. The maximum atomic E-state index is 12.7. The van der Waals surface area contributed by atoms with Crippen molar-refractivity contribution in [3.63, 3.8) is 0 Å². The van der Waals surface area contributed by atoms with Crippen molar-refractivity contribution in [1.29, 1.82) is 0 Å². The predicted octanol–water partition coefficient (Wildman–Crippen LogP) is 0.482. The first-order chi connectivity index (χ1) is 10.3. The van der Waals surface area contributed by atoms with E-state index in [9.17, 15) is 4.79 Å². The van der Waals surface area contributed by atoms with Crippen LogP contribution in [0.15, 0.2) is 28.9 Å². The van der Waals surface area contributed by atoms with E-state index in [0.29, 0.717) is 30.3 Å². The Hall–Kier alpha value is -2.12. The zero-order valence-electron chi connectivity index (χ0n) is 11.4. The topological polar surface area (TPSA) is 83.4 Å². The third kappa shape index (κ3) is 2.14. The van der Waals surface area contributed by atoms with Crippen molar-refractivity contribution in [3.8, 4) is 11.5 Å². The van der Waals surface area contributed by atoms with E-state index in [4.69, 9.17) is 9.15 Å². The highest BCUT2D eigenvalue weighted by atomic mass is 16.5. The average Bonchev–Trinajstić information content (AvgIpc) is 3.23. The van der Waals surface area contributed by atoms with Crippen LogP contribution in [0.5, 0.6) is 0 Å². The number of ether oxygens (including phenoxy) is 1. The number of carbonyl (C=O) groups excluding carboxylic acids is 1. The van der Waals surface area contributed by atoms with Crippen molar-refractivity contribution in [3.05, 3.63) is 30.2 Å². The number of amides is 1. The number of morpholine rings is 1. The average molecular weight is 288 g/mol. The lowest BCUT2D eigenvalue weighted by Crippen LogP contribution is -2.53. The number of furan rings is 1. The smallest absolute Gasteiger partial charge is 0.274 e. The summed E-state index contributed by atoms with van der Waals surface area (Å²) in [6.07, 6.45) is 1.68. The second-order valence-corrected chi connectivity index (χ2v) is 5.28. The van der Waals surface area contributed by atoms with E-state index in [1.165, 1.54) is 0 Å². The summed E-state index contributed by atoms with van der Waals surface area (Å²) in [7, 11) is 0. The van der Waals surface area contributed by atoms with Gasteiger partial charge in [0, 0.05) is 25.7 Å². The molecule has 2 N–H and O–H groups in total. The number of H-pyrrole nitrogens is 1. The Morgan fingerprint density at radius 3 is 3.24 bits per heavy atom. The molecule has 110 valence electrons. The molecule has 21 heavy (non-hydrogen) atoms. The molecule has 0 bridgehead atoms. The molecule has 7 nitrogen and oxygen atoms in total. The molecule has 0 aliphatic carbocycles. The summed E-state index contributed by atoms with van der Waals surface area (Å²) in [5.41, 5.74) is 1.12. The van der Waals surface area contributed by atoms with E-state index < -0.39 is 0 Å². The van der Waals surface area contributed by atoms with E-state index in [0.717, 1.165) is 13.1 Å². The van der Waals surface area contributed by atoms with Gasteiger partial charge in [-0.3, -0.25) is 9.89 Å². The summed E-state index contributed by atoms with van der Waals surface area (Å²) in [4.78, 5) is 14.5. The van der Waals surface area contributed by atoms with Gasteiger partial charge < -0.3 is 19.4 Å². The number of nitrogens with one attached hydrogen (secondary N) is 2. The maximum absolute atomic E-state index is 12.7. The molecule has 2 atom stereocenters. The van der Waals surface area contributed by atoms with Crippen LogP contribution in [-0.4, -0.2) is 59.4 Å². The molecule has 4 heterocycles. The number of carbonyl (C=O) groups is 1. The molecule has 2 saturated heterocycles. The molecule has 2 aromatic heterocycles. The Labute approximate surface area is 121 Å². The monoisotopic (exact) mass is 288 g/mol. The summed E-state index contributed by atoms with van der Waals surface area (Å²) >= 11 is 0. The molecule has 0 radical (unpaired) electrons. The number of hydrogen-bond acceptors (Lipinski definition) is 5. The lowest BCUT2D eigenvalue weighted by Gasteiger charge is -2.36. The van der Waals surface area contributed by atoms with Gasteiger partial charge in [0.15, 0.2) is 11.5 Å². The third-order valence-corrected chi connectivity index (χ3v) is 4.04. The number of hydrogen-bond donors (Lipinski definition) is 2. The molecular formula is C14H16N4O3. The number of nitrogens with zero attached hydrogens (tertiary/aromatic N) is 2. The Morgan fingerprint density at radius 1 is 1.43 bits per heavy atom. The summed E-state index contributed by atoms with van der Waals surface area (Å²) < 4.78 is 11.0. The minimum atomic E-state index is -0.0638. The van der Waals surface area contributed by atoms with E-state index in [2.05, 4.69) is 15.5 Å². The van der Waals surface area contributed by atoms with Crippen LogP contribution in [0, 0.1) is 0 Å². The van der Waals surface area contributed by atoms with Crippen molar-refractivity contribution in [1.82, 2.24) is 20.4 Å². The fourth-order valence-electron chi connectivity index (χ4n) is 2.98. The second-order valence-electron chi connectivity index (χ2n) is 5.28. The highest BCUT2D eigenvalue weighted by Crippen LogP contribution is 2.22. The molecule has 4 rings (SSSR count). The van der Waals surface area contributed by atoms with Crippen LogP contribution in [0.25, 0.3) is 11.5 Å². The van der Waals surface area contributed by atoms with Crippen LogP contribution in [0.2, 0.25) is 0 Å². The molecule has 2 aromatic rings. The van der Waals surface area contributed by atoms with Crippen molar-refractivity contribution < 1.29 is 13.9 Å². The van der Waals surface area contributed by atoms with Crippen LogP contribution in [-0.2, 0) is 4.74 Å². The molecule has 0 saturated carbocycles. The Bertz CT molecular complexity index is 636. The molecule has 0 aromatic carbocycles. The van der Waals surface area contributed by atoms with Crippen LogP contribution < -0.4 is 5.32 Å². The first kappa shape index (κ1) is 12.6. The highest BCUT2D eigenvalue weighted by Gasteiger charge is 2.39. The predicted molar refractivity (Wildman–Crippen MR) is 73.7 cm³/mol. The SMILES string of the molecule is O=C(c1cc(-c2ccco2)[nH]n1)N1CCO[C@@H]2CNC[C@@H]21. The van der Waals surface area contributed by atoms with E-state index in [-0.39, 0.29) is 18.1 Å². The number of rotatable bonds is 2. The molecule has 7 heteroatoms. The number of aromatic amines is 1. The van der Waals surface area contributed by atoms with Crippen molar-refractivity contribution in [2.75, 3.05) is 26.2 Å². The summed E-state index contributed by atoms with van der Waals surface area (Å²) in [5, 5.41) is 10.2. The zero-order valence-corrected chi connectivity index (χ0v) is 11.4. The molecule has 2 fully saturated rings. The number of fused-ring (bicyclic) bond motifs is 1. The van der Waals surface area contributed by atoms with Gasteiger partial charge >= 0.3 is 0 Å². The summed E-state index contributed by atoms with van der Waals surface area (Å²) in [6.45, 7) is 2.74. The van der Waals surface area contributed by atoms with Gasteiger partial charge in [-0.2, -0.15) is 5.10 Å². The fourth-order valence-corrected chi connectivity index (χ4v) is 2.98. The second kappa shape index (κ2) is 5.01. The van der Waals surface area contributed by atoms with Crippen molar-refractivity contribution in [2.45, 2.75) is 12.1 Å². The Balaban J connectivity index is 1.57. The first-order valence-corrected chi connectivity index (χ1v) is 7.05. The van der Waals surface area contributed by atoms with Crippen LogP contribution >= 0.6 is 0 Å². The molecule has 0 unspecified atom stereocenters. The third-order valence-electron chi connectivity index (χ3n) is 4.04. The lowest BCUT2D eigenvalue weighted by molar-refractivity contribution is -0.0366. The van der Waals surface area contributed by atoms with Gasteiger partial charge in [-0.25, -0.2) is 0 Å². The first-order valence-electron chi connectivity index (χ1n) is 7.05. The molecule has 0 spiro atoms. The summed E-state index contributed by atoms with van der Waals surface area (Å²) in [5.74, 6) is 0.606. The normalized spacial score (nSPS) is 25.0. The molecule has 2 aliphatic rings. The van der Waals surface area contributed by atoms with Gasteiger partial charge in [-0.05, 0) is 12.1 Å². The van der Waals surface area contributed by atoms with Gasteiger partial charge in [0.05, 0.1) is 25.0 Å². The molecule has 2 aliphatic heterocycles. The van der Waals surface area contributed by atoms with Crippen LogP contribution in [0.4, 0.5) is 0 Å². The highest BCUT2D eigenvalue weighted by molar-refractivity contribution is 5.93. The molecular weight excluding hydrogens is 272 g/mol. The van der Waals surface area contributed by atoms with Gasteiger partial charge in [0.25, 0.3) is 5.91 Å². The van der Waals surface area contributed by atoms with Gasteiger partial charge in [-0.15, -0.1) is 0 Å². The van der Waals surface area contributed by atoms with E-state index in [1.54, 1.807) is 18.4 Å².